The van der Waals surface area contributed by atoms with Crippen LogP contribution in [0.3, 0.4) is 0 Å². The SMILES string of the molecule is CCOC(=O)c1[nH]c(C)c(C(O)=C2C(=O)C(=O)N(CCN3CCOCC3)C2c2ccc(Cl)c(Cl)c2)c1C. The summed E-state index contributed by atoms with van der Waals surface area (Å²) in [6.07, 6.45) is 0. The molecule has 0 spiro atoms. The van der Waals surface area contributed by atoms with Gasteiger partial charge < -0.3 is 24.5 Å². The molecule has 37 heavy (non-hydrogen) atoms. The fraction of sp³-hybridized carbons (Fsp3) is 0.423. The van der Waals surface area contributed by atoms with Crippen LogP contribution in [-0.2, 0) is 19.1 Å². The van der Waals surface area contributed by atoms with Crippen LogP contribution in [0.2, 0.25) is 10.0 Å². The number of nitrogens with one attached hydrogen (secondary N) is 1. The fourth-order valence-electron chi connectivity index (χ4n) is 4.86. The number of carbonyl (C=O) groups is 3. The first-order valence-electron chi connectivity index (χ1n) is 12.1. The number of nitrogens with zero attached hydrogens (tertiary/aromatic N) is 2. The molecule has 4 rings (SSSR count). The Kier molecular flexibility index (Phi) is 8.28. The number of H-pyrrole nitrogens is 1. The maximum Gasteiger partial charge on any atom is 0.355 e. The van der Waals surface area contributed by atoms with Gasteiger partial charge in [-0.2, -0.15) is 0 Å². The van der Waals surface area contributed by atoms with Crippen molar-refractivity contribution in [2.75, 3.05) is 46.0 Å². The average Bonchev–Trinajstić information content (AvgIpc) is 3.32. The molecule has 1 unspecified atom stereocenters. The largest absolute Gasteiger partial charge is 0.507 e. The van der Waals surface area contributed by atoms with E-state index < -0.39 is 23.7 Å². The summed E-state index contributed by atoms with van der Waals surface area (Å²) in [5.74, 6) is -2.48. The summed E-state index contributed by atoms with van der Waals surface area (Å²) in [6.45, 7) is 8.63. The number of aliphatic hydroxyl groups excluding tert-OH is 1. The van der Waals surface area contributed by atoms with Crippen molar-refractivity contribution in [3.8, 4) is 0 Å². The average molecular weight is 550 g/mol. The second-order valence-electron chi connectivity index (χ2n) is 8.97. The highest BCUT2D eigenvalue weighted by Crippen LogP contribution is 2.42. The summed E-state index contributed by atoms with van der Waals surface area (Å²) >= 11 is 12.4. The van der Waals surface area contributed by atoms with Crippen molar-refractivity contribution in [1.29, 1.82) is 0 Å². The van der Waals surface area contributed by atoms with E-state index in [2.05, 4.69) is 9.88 Å². The van der Waals surface area contributed by atoms with Gasteiger partial charge in [-0.05, 0) is 44.0 Å². The van der Waals surface area contributed by atoms with E-state index in [0.717, 1.165) is 13.1 Å². The van der Waals surface area contributed by atoms with Gasteiger partial charge in [0, 0.05) is 37.4 Å². The van der Waals surface area contributed by atoms with Gasteiger partial charge in [0.05, 0.1) is 41.5 Å². The molecule has 0 bridgehead atoms. The zero-order chi connectivity index (χ0) is 26.9. The number of ether oxygens (including phenoxy) is 2. The van der Waals surface area contributed by atoms with Crippen LogP contribution in [0.25, 0.3) is 5.76 Å². The normalized spacial score (nSPS) is 20.0. The molecule has 2 aliphatic rings. The molecule has 9 nitrogen and oxygen atoms in total. The molecule has 2 aromatic rings. The Balaban J connectivity index is 1.81. The lowest BCUT2D eigenvalue weighted by Crippen LogP contribution is -2.42. The van der Waals surface area contributed by atoms with Crippen LogP contribution >= 0.6 is 23.2 Å². The zero-order valence-electron chi connectivity index (χ0n) is 20.9. The lowest BCUT2D eigenvalue weighted by atomic mass is 9.94. The number of aliphatic hydroxyl groups is 1. The highest BCUT2D eigenvalue weighted by molar-refractivity contribution is 6.47. The highest BCUT2D eigenvalue weighted by atomic mass is 35.5. The Morgan fingerprint density at radius 2 is 1.86 bits per heavy atom. The van der Waals surface area contributed by atoms with Crippen LogP contribution in [0.15, 0.2) is 23.8 Å². The van der Waals surface area contributed by atoms with Gasteiger partial charge in [-0.25, -0.2) is 4.79 Å². The third-order valence-corrected chi connectivity index (χ3v) is 7.45. The number of hydrogen-bond acceptors (Lipinski definition) is 7. The van der Waals surface area contributed by atoms with Crippen molar-refractivity contribution in [2.45, 2.75) is 26.8 Å². The molecule has 1 aromatic heterocycles. The predicted molar refractivity (Wildman–Crippen MR) is 139 cm³/mol. The summed E-state index contributed by atoms with van der Waals surface area (Å²) in [5.41, 5.74) is 1.79. The predicted octanol–water partition coefficient (Wildman–Crippen LogP) is 3.87. The van der Waals surface area contributed by atoms with E-state index in [1.165, 1.54) is 4.90 Å². The van der Waals surface area contributed by atoms with Crippen molar-refractivity contribution in [3.63, 3.8) is 0 Å². The van der Waals surface area contributed by atoms with Gasteiger partial charge in [-0.3, -0.25) is 14.5 Å². The number of hydrogen-bond donors (Lipinski definition) is 2. The summed E-state index contributed by atoms with van der Waals surface area (Å²) in [5, 5.41) is 12.1. The van der Waals surface area contributed by atoms with Crippen molar-refractivity contribution >= 4 is 46.6 Å². The number of morpholine rings is 1. The summed E-state index contributed by atoms with van der Waals surface area (Å²) < 4.78 is 10.5. The molecule has 11 heteroatoms. The van der Waals surface area contributed by atoms with Gasteiger partial charge in [-0.15, -0.1) is 0 Å². The summed E-state index contributed by atoms with van der Waals surface area (Å²) in [6, 6.07) is 3.97. The van der Waals surface area contributed by atoms with E-state index in [4.69, 9.17) is 32.7 Å². The number of aromatic nitrogens is 1. The van der Waals surface area contributed by atoms with E-state index in [1.807, 2.05) is 0 Å². The fourth-order valence-corrected chi connectivity index (χ4v) is 5.17. The van der Waals surface area contributed by atoms with Gasteiger partial charge in [0.15, 0.2) is 0 Å². The molecule has 2 aliphatic heterocycles. The lowest BCUT2D eigenvalue weighted by molar-refractivity contribution is -0.140. The number of rotatable bonds is 7. The molecule has 2 saturated heterocycles. The van der Waals surface area contributed by atoms with Crippen LogP contribution in [0, 0.1) is 13.8 Å². The minimum atomic E-state index is -0.893. The number of aryl methyl sites for hydroxylation is 1. The Labute approximate surface area is 224 Å². The first-order chi connectivity index (χ1) is 17.6. The molecule has 198 valence electrons. The number of Topliss-reactive ketones (excluding diaryl/α,β-unsaturated/α-hetero) is 1. The molecule has 0 saturated carbocycles. The van der Waals surface area contributed by atoms with Crippen LogP contribution < -0.4 is 0 Å². The molecule has 1 aromatic carbocycles. The third kappa shape index (κ3) is 5.27. The minimum absolute atomic E-state index is 0.0778. The van der Waals surface area contributed by atoms with Crippen molar-refractivity contribution < 1.29 is 29.0 Å². The summed E-state index contributed by atoms with van der Waals surface area (Å²) in [4.78, 5) is 45.6. The molecule has 2 fully saturated rings. The maximum absolute atomic E-state index is 13.4. The molecule has 1 amide bonds. The van der Waals surface area contributed by atoms with E-state index in [-0.39, 0.29) is 40.8 Å². The van der Waals surface area contributed by atoms with E-state index in [1.54, 1.807) is 39.0 Å². The maximum atomic E-state index is 13.4. The van der Waals surface area contributed by atoms with Crippen LogP contribution in [-0.4, -0.2) is 83.5 Å². The van der Waals surface area contributed by atoms with Gasteiger partial charge >= 0.3 is 5.97 Å². The standard InChI is InChI=1S/C26H29Cl2N3O6/c1-4-37-26(35)21-14(2)19(15(3)29-21)23(32)20-22(16-5-6-17(27)18(28)13-16)31(25(34)24(20)33)8-7-30-9-11-36-12-10-30/h5-6,13,22,29,32H,4,7-12H2,1-3H3. The molecule has 1 atom stereocenters. The van der Waals surface area contributed by atoms with E-state index in [0.29, 0.717) is 41.6 Å². The second kappa shape index (κ2) is 11.3. The van der Waals surface area contributed by atoms with Crippen LogP contribution in [0.1, 0.15) is 45.8 Å². The molecule has 0 radical (unpaired) electrons. The quantitative estimate of drug-likeness (QED) is 0.233. The highest BCUT2D eigenvalue weighted by Gasteiger charge is 2.46. The Bertz CT molecular complexity index is 1270. The van der Waals surface area contributed by atoms with Crippen LogP contribution in [0.5, 0.6) is 0 Å². The number of likely N-dealkylation sites (tertiary alicyclic amines) is 1. The Hall–Kier alpha value is -2.85. The Morgan fingerprint density at radius 1 is 1.16 bits per heavy atom. The van der Waals surface area contributed by atoms with Crippen molar-refractivity contribution in [2.24, 2.45) is 0 Å². The van der Waals surface area contributed by atoms with Gasteiger partial charge in [-0.1, -0.05) is 29.3 Å². The monoisotopic (exact) mass is 549 g/mol. The Morgan fingerprint density at radius 3 is 2.51 bits per heavy atom. The molecule has 2 N–H and O–H groups in total. The second-order valence-corrected chi connectivity index (χ2v) is 9.78. The minimum Gasteiger partial charge on any atom is -0.507 e. The molecular formula is C26H29Cl2N3O6. The van der Waals surface area contributed by atoms with Crippen molar-refractivity contribution in [3.05, 3.63) is 61.9 Å². The first kappa shape index (κ1) is 27.2. The number of carbonyl (C=O) groups excluding carboxylic acids is 3. The van der Waals surface area contributed by atoms with Gasteiger partial charge in [0.1, 0.15) is 11.5 Å². The first-order valence-corrected chi connectivity index (χ1v) is 12.8. The van der Waals surface area contributed by atoms with Crippen LogP contribution in [0.4, 0.5) is 0 Å². The molecule has 0 aliphatic carbocycles. The molecule has 3 heterocycles. The number of ketones is 1. The van der Waals surface area contributed by atoms with Gasteiger partial charge in [0.2, 0.25) is 0 Å². The number of benzene rings is 1. The van der Waals surface area contributed by atoms with E-state index >= 15 is 0 Å². The smallest absolute Gasteiger partial charge is 0.355 e. The van der Waals surface area contributed by atoms with E-state index in [9.17, 15) is 19.5 Å². The number of halogens is 2. The third-order valence-electron chi connectivity index (χ3n) is 6.71. The number of aromatic amines is 1. The number of esters is 1. The summed E-state index contributed by atoms with van der Waals surface area (Å²) in [7, 11) is 0. The number of amides is 1. The zero-order valence-corrected chi connectivity index (χ0v) is 22.4. The topological polar surface area (TPSA) is 112 Å². The van der Waals surface area contributed by atoms with Gasteiger partial charge in [0.25, 0.3) is 11.7 Å². The lowest BCUT2D eigenvalue weighted by Gasteiger charge is -2.31. The van der Waals surface area contributed by atoms with Crippen molar-refractivity contribution in [1.82, 2.24) is 14.8 Å². The molecular weight excluding hydrogens is 521 g/mol.